The number of esters is 1. The molecule has 0 spiro atoms. The van der Waals surface area contributed by atoms with Crippen LogP contribution in [-0.2, 0) is 30.5 Å². The van der Waals surface area contributed by atoms with Crippen molar-refractivity contribution in [3.8, 4) is 11.1 Å². The van der Waals surface area contributed by atoms with Gasteiger partial charge in [0.2, 0.25) is 5.91 Å². The summed E-state index contributed by atoms with van der Waals surface area (Å²) in [5, 5.41) is 12.3. The highest BCUT2D eigenvalue weighted by Crippen LogP contribution is 2.44. The number of nitrogens with one attached hydrogen (secondary N) is 1. The third-order valence-electron chi connectivity index (χ3n) is 7.98. The lowest BCUT2D eigenvalue weighted by Gasteiger charge is -2.37. The first-order valence-corrected chi connectivity index (χ1v) is 14.2. The molecule has 3 aromatic rings. The Morgan fingerprint density at radius 1 is 0.905 bits per heavy atom. The number of carboxylic acid groups (broad SMARTS) is 1. The van der Waals surface area contributed by atoms with E-state index in [4.69, 9.17) is 9.47 Å². The highest BCUT2D eigenvalue weighted by atomic mass is 16.5. The fourth-order valence-electron chi connectivity index (χ4n) is 5.79. The molecule has 0 saturated carbocycles. The first-order chi connectivity index (χ1) is 20.3. The lowest BCUT2D eigenvalue weighted by Crippen LogP contribution is -2.57. The van der Waals surface area contributed by atoms with Gasteiger partial charge in [-0.05, 0) is 46.6 Å². The lowest BCUT2D eigenvalue weighted by atomic mass is 9.91. The lowest BCUT2D eigenvalue weighted by molar-refractivity contribution is -0.155. The van der Waals surface area contributed by atoms with Crippen molar-refractivity contribution >= 4 is 23.9 Å². The largest absolute Gasteiger partial charge is 0.480 e. The third-order valence-corrected chi connectivity index (χ3v) is 7.98. The van der Waals surface area contributed by atoms with Crippen LogP contribution in [-0.4, -0.2) is 59.2 Å². The Morgan fingerprint density at radius 3 is 2.17 bits per heavy atom. The number of piperidine rings is 1. The van der Waals surface area contributed by atoms with Gasteiger partial charge < -0.3 is 24.8 Å². The molecular weight excluding hydrogens is 536 g/mol. The van der Waals surface area contributed by atoms with Crippen LogP contribution >= 0.6 is 0 Å². The Balaban J connectivity index is 1.29. The predicted octanol–water partition coefficient (Wildman–Crippen LogP) is 4.74. The zero-order chi connectivity index (χ0) is 29.6. The normalized spacial score (nSPS) is 18.4. The number of carboxylic acids is 1. The molecule has 218 valence electrons. The van der Waals surface area contributed by atoms with Gasteiger partial charge in [-0.15, -0.1) is 0 Å². The van der Waals surface area contributed by atoms with E-state index >= 15 is 0 Å². The Bertz CT molecular complexity index is 1410. The smallest absolute Gasteiger partial charge is 0.407 e. The Labute approximate surface area is 244 Å². The Morgan fingerprint density at radius 2 is 1.52 bits per heavy atom. The number of fused-ring (bicyclic) bond motifs is 3. The van der Waals surface area contributed by atoms with Crippen LogP contribution in [0.2, 0.25) is 0 Å². The molecule has 1 heterocycles. The molecule has 1 saturated heterocycles. The SMILES string of the molecule is CC1CCN(C(=O)[C@H](CC(=O)OCc2ccccc2)NC(=O)OCC2c3ccccc3-c3ccccc32)C(C(=O)O)C1. The van der Waals surface area contributed by atoms with Crippen LogP contribution in [0.5, 0.6) is 0 Å². The fraction of sp³-hybridized carbons (Fsp3) is 0.333. The number of ether oxygens (including phenoxy) is 2. The van der Waals surface area contributed by atoms with Crippen LogP contribution in [0, 0.1) is 5.92 Å². The van der Waals surface area contributed by atoms with E-state index in [9.17, 15) is 24.3 Å². The third kappa shape index (κ3) is 6.46. The average molecular weight is 571 g/mol. The van der Waals surface area contributed by atoms with Gasteiger partial charge in [-0.3, -0.25) is 9.59 Å². The van der Waals surface area contributed by atoms with E-state index in [1.54, 1.807) is 12.1 Å². The second-order valence-corrected chi connectivity index (χ2v) is 10.9. The first kappa shape index (κ1) is 28.9. The van der Waals surface area contributed by atoms with Gasteiger partial charge in [0.05, 0.1) is 6.42 Å². The van der Waals surface area contributed by atoms with E-state index in [-0.39, 0.29) is 38.0 Å². The summed E-state index contributed by atoms with van der Waals surface area (Å²) in [6, 6.07) is 22.5. The molecule has 2 amide bonds. The van der Waals surface area contributed by atoms with E-state index in [1.165, 1.54) is 4.90 Å². The van der Waals surface area contributed by atoms with Gasteiger partial charge in [-0.25, -0.2) is 9.59 Å². The van der Waals surface area contributed by atoms with Gasteiger partial charge >= 0.3 is 18.0 Å². The van der Waals surface area contributed by atoms with E-state index in [2.05, 4.69) is 5.32 Å². The summed E-state index contributed by atoms with van der Waals surface area (Å²) < 4.78 is 11.0. The zero-order valence-electron chi connectivity index (χ0n) is 23.4. The molecule has 9 nitrogen and oxygen atoms in total. The molecule has 9 heteroatoms. The minimum Gasteiger partial charge on any atom is -0.480 e. The van der Waals surface area contributed by atoms with Crippen molar-refractivity contribution in [1.29, 1.82) is 0 Å². The number of hydrogen-bond donors (Lipinski definition) is 2. The fourth-order valence-corrected chi connectivity index (χ4v) is 5.79. The number of alkyl carbamates (subject to hydrolysis) is 1. The number of nitrogens with zero attached hydrogens (tertiary/aromatic N) is 1. The van der Waals surface area contributed by atoms with Crippen molar-refractivity contribution in [3.63, 3.8) is 0 Å². The minimum absolute atomic E-state index is 0.00447. The first-order valence-electron chi connectivity index (χ1n) is 14.2. The highest BCUT2D eigenvalue weighted by molar-refractivity contribution is 5.92. The standard InChI is InChI=1S/C33H34N2O7/c1-21-15-16-35(29(17-21)32(38)39)31(37)28(18-30(36)41-19-22-9-3-2-4-10-22)34-33(40)42-20-27-25-13-7-5-11-23(25)24-12-6-8-14-26(24)27/h2-14,21,27-29H,15-20H2,1H3,(H,34,40)(H,38,39)/t21?,28-,29?/m0/s1. The molecule has 1 aliphatic heterocycles. The van der Waals surface area contributed by atoms with Gasteiger partial charge in [0, 0.05) is 12.5 Å². The highest BCUT2D eigenvalue weighted by Gasteiger charge is 2.39. The van der Waals surface area contributed by atoms with Crippen molar-refractivity contribution in [1.82, 2.24) is 10.2 Å². The summed E-state index contributed by atoms with van der Waals surface area (Å²) in [7, 11) is 0. The minimum atomic E-state index is -1.35. The van der Waals surface area contributed by atoms with E-state index < -0.39 is 42.4 Å². The van der Waals surface area contributed by atoms with Crippen molar-refractivity contribution in [2.24, 2.45) is 5.92 Å². The Hall–Kier alpha value is -4.66. The van der Waals surface area contributed by atoms with Crippen molar-refractivity contribution < 1.29 is 33.8 Å². The number of rotatable bonds is 9. The number of benzene rings is 3. The van der Waals surface area contributed by atoms with Crippen LogP contribution in [0.1, 0.15) is 48.8 Å². The van der Waals surface area contributed by atoms with Gasteiger partial charge in [0.25, 0.3) is 0 Å². The van der Waals surface area contributed by atoms with Gasteiger partial charge in [-0.1, -0.05) is 85.8 Å². The summed E-state index contributed by atoms with van der Waals surface area (Å²) in [5.74, 6) is -2.54. The summed E-state index contributed by atoms with van der Waals surface area (Å²) in [4.78, 5) is 52.7. The molecule has 0 bridgehead atoms. The molecule has 42 heavy (non-hydrogen) atoms. The van der Waals surface area contributed by atoms with Crippen molar-refractivity contribution in [2.75, 3.05) is 13.2 Å². The predicted molar refractivity (Wildman–Crippen MR) is 154 cm³/mol. The molecule has 0 radical (unpaired) electrons. The maximum absolute atomic E-state index is 13.6. The number of likely N-dealkylation sites (tertiary alicyclic amines) is 1. The monoisotopic (exact) mass is 570 g/mol. The average Bonchev–Trinajstić information content (AvgIpc) is 3.32. The molecule has 2 aliphatic rings. The summed E-state index contributed by atoms with van der Waals surface area (Å²) in [5.41, 5.74) is 5.01. The molecule has 2 N–H and O–H groups in total. The number of carbonyl (C=O) groups excluding carboxylic acids is 3. The van der Waals surface area contributed by atoms with E-state index in [1.807, 2.05) is 73.7 Å². The molecule has 0 aromatic heterocycles. The summed E-state index contributed by atoms with van der Waals surface area (Å²) in [6.45, 7) is 2.17. The van der Waals surface area contributed by atoms with Crippen LogP contribution in [0.15, 0.2) is 78.9 Å². The van der Waals surface area contributed by atoms with E-state index in [0.717, 1.165) is 27.8 Å². The second-order valence-electron chi connectivity index (χ2n) is 10.9. The topological polar surface area (TPSA) is 122 Å². The number of hydrogen-bond acceptors (Lipinski definition) is 6. The molecule has 2 unspecified atom stereocenters. The van der Waals surface area contributed by atoms with Crippen molar-refractivity contribution in [3.05, 3.63) is 95.6 Å². The molecule has 3 atom stereocenters. The van der Waals surface area contributed by atoms with E-state index in [0.29, 0.717) is 6.42 Å². The van der Waals surface area contributed by atoms with Gasteiger partial charge in [0.1, 0.15) is 25.3 Å². The van der Waals surface area contributed by atoms with Crippen LogP contribution in [0.25, 0.3) is 11.1 Å². The molecule has 5 rings (SSSR count). The molecule has 1 aliphatic carbocycles. The van der Waals surface area contributed by atoms with Crippen LogP contribution in [0.3, 0.4) is 0 Å². The summed E-state index contributed by atoms with van der Waals surface area (Å²) in [6.07, 6.45) is -0.430. The quantitative estimate of drug-likeness (QED) is 0.357. The molecule has 3 aromatic carbocycles. The van der Waals surface area contributed by atoms with Gasteiger partial charge in [0.15, 0.2) is 0 Å². The second kappa shape index (κ2) is 12.9. The molecule has 1 fully saturated rings. The van der Waals surface area contributed by atoms with Gasteiger partial charge in [-0.2, -0.15) is 0 Å². The Kier molecular flexibility index (Phi) is 8.85. The summed E-state index contributed by atoms with van der Waals surface area (Å²) >= 11 is 0. The number of carbonyl (C=O) groups is 4. The zero-order valence-corrected chi connectivity index (χ0v) is 23.4. The van der Waals surface area contributed by atoms with Crippen molar-refractivity contribution in [2.45, 2.75) is 50.8 Å². The van der Waals surface area contributed by atoms with Crippen LogP contribution < -0.4 is 5.32 Å². The number of aliphatic carboxylic acids is 1. The maximum Gasteiger partial charge on any atom is 0.407 e. The number of amides is 2. The van der Waals surface area contributed by atoms with Crippen LogP contribution in [0.4, 0.5) is 4.79 Å². The maximum atomic E-state index is 13.6. The molecular formula is C33H34N2O7.